The summed E-state index contributed by atoms with van der Waals surface area (Å²) in [5.41, 5.74) is 2.42. The van der Waals surface area contributed by atoms with Gasteiger partial charge in [0.1, 0.15) is 17.3 Å². The van der Waals surface area contributed by atoms with Crippen LogP contribution in [0.1, 0.15) is 24.7 Å². The highest BCUT2D eigenvalue weighted by atomic mass is 16.7. The van der Waals surface area contributed by atoms with Crippen LogP contribution in [0.5, 0.6) is 0 Å². The number of aliphatic hydroxyl groups excluding tert-OH is 1. The number of para-hydroxylation sites is 1. The third-order valence-electron chi connectivity index (χ3n) is 7.40. The van der Waals surface area contributed by atoms with Crippen molar-refractivity contribution in [2.45, 2.75) is 37.0 Å². The molecule has 5 aliphatic rings. The van der Waals surface area contributed by atoms with E-state index >= 15 is 0 Å². The zero-order chi connectivity index (χ0) is 21.3. The largest absolute Gasteiger partial charge is 0.465 e. The van der Waals surface area contributed by atoms with Crippen LogP contribution >= 0.6 is 0 Å². The summed E-state index contributed by atoms with van der Waals surface area (Å²) in [5, 5.41) is 12.9. The number of carbonyl (C=O) groups excluding carboxylic acids is 1. The molecule has 1 spiro atoms. The summed E-state index contributed by atoms with van der Waals surface area (Å²) in [6, 6.07) is 11.2. The van der Waals surface area contributed by atoms with Gasteiger partial charge in [-0.15, -0.1) is 0 Å². The Labute approximate surface area is 179 Å². The van der Waals surface area contributed by atoms with Crippen LogP contribution in [-0.2, 0) is 19.8 Å². The third-order valence-corrected chi connectivity index (χ3v) is 7.40. The van der Waals surface area contributed by atoms with E-state index < -0.39 is 17.6 Å². The minimum atomic E-state index is -1.01. The molecule has 160 valence electrons. The third kappa shape index (κ3) is 2.39. The average molecular weight is 420 g/mol. The van der Waals surface area contributed by atoms with E-state index in [1.54, 1.807) is 6.26 Å². The number of furan rings is 1. The van der Waals surface area contributed by atoms with Crippen molar-refractivity contribution in [2.75, 3.05) is 18.8 Å². The van der Waals surface area contributed by atoms with Gasteiger partial charge < -0.3 is 14.3 Å². The van der Waals surface area contributed by atoms with Gasteiger partial charge in [-0.25, -0.2) is 0 Å². The second-order valence-electron chi connectivity index (χ2n) is 8.83. The van der Waals surface area contributed by atoms with E-state index in [0.29, 0.717) is 18.7 Å². The molecule has 7 heteroatoms. The Morgan fingerprint density at radius 3 is 2.94 bits per heavy atom. The Bertz CT molecular complexity index is 1110. The number of rotatable bonds is 3. The Kier molecular flexibility index (Phi) is 4.06. The molecule has 1 aromatic heterocycles. The Morgan fingerprint density at radius 2 is 2.16 bits per heavy atom. The van der Waals surface area contributed by atoms with Crippen molar-refractivity contribution in [3.8, 4) is 0 Å². The fraction of sp³-hybridized carbons (Fsp3) is 0.417. The average Bonchev–Trinajstić information content (AvgIpc) is 3.42. The summed E-state index contributed by atoms with van der Waals surface area (Å²) in [5.74, 6) is 0.429. The number of carbonyl (C=O) groups is 1. The highest BCUT2D eigenvalue weighted by Crippen LogP contribution is 2.57. The van der Waals surface area contributed by atoms with Gasteiger partial charge in [-0.1, -0.05) is 18.2 Å². The maximum absolute atomic E-state index is 13.7. The van der Waals surface area contributed by atoms with Crippen molar-refractivity contribution in [2.24, 2.45) is 16.8 Å². The van der Waals surface area contributed by atoms with Crippen molar-refractivity contribution in [1.82, 2.24) is 0 Å². The van der Waals surface area contributed by atoms with Crippen LogP contribution in [0.2, 0.25) is 0 Å². The molecule has 7 nitrogen and oxygen atoms in total. The number of hydroxylamine groups is 1. The zero-order valence-corrected chi connectivity index (χ0v) is 17.4. The number of hydrogen-bond acceptors (Lipinski definition) is 6. The van der Waals surface area contributed by atoms with E-state index in [2.05, 4.69) is 0 Å². The number of aliphatic imine (C=N–C) groups is 1. The number of fused-ring (bicyclic) bond motifs is 2. The minimum absolute atomic E-state index is 0.0390. The standard InChI is InChI=1S/C24H24N2O5/c1-13(10-14-6-5-9-30-14)20-19-15-12-31-22(21(19)27)24(11-17(15)25-20)16-7-3-4-8-18(16)26(29-2)23(24)28/h3-10,15,17,19,21-22,27H,11-12H2,1-2H3/b13-10+/t15-,17+,19-,21-,22-,24+/m1/s1. The van der Waals surface area contributed by atoms with Gasteiger partial charge in [-0.05, 0) is 48.8 Å². The molecule has 2 saturated heterocycles. The lowest BCUT2D eigenvalue weighted by Gasteiger charge is -2.42. The van der Waals surface area contributed by atoms with E-state index in [-0.39, 0.29) is 23.8 Å². The Morgan fingerprint density at radius 1 is 1.32 bits per heavy atom. The SMILES string of the molecule is CON1C(=O)[C@@]2(C[C@@H]3N=C(/C(C)=C/c4ccco4)[C@@H]4[C@@H](O)[C@H]2OC[C@@H]43)c2ccccc21. The fourth-order valence-electron chi connectivity index (χ4n) is 6.12. The van der Waals surface area contributed by atoms with Gasteiger partial charge in [-0.2, -0.15) is 5.06 Å². The summed E-state index contributed by atoms with van der Waals surface area (Å²) in [6.45, 7) is 2.47. The van der Waals surface area contributed by atoms with Crippen LogP contribution < -0.4 is 5.06 Å². The number of nitrogens with zero attached hydrogens (tertiary/aromatic N) is 2. The summed E-state index contributed by atoms with van der Waals surface area (Å²) in [6.07, 6.45) is 2.57. The molecule has 2 aromatic rings. The molecule has 1 N–H and O–H groups in total. The number of hydrogen-bond donors (Lipinski definition) is 1. The van der Waals surface area contributed by atoms with Crippen molar-refractivity contribution in [3.05, 3.63) is 59.6 Å². The molecule has 5 heterocycles. The molecule has 31 heavy (non-hydrogen) atoms. The van der Waals surface area contributed by atoms with Gasteiger partial charge in [-0.3, -0.25) is 14.6 Å². The fourth-order valence-corrected chi connectivity index (χ4v) is 6.12. The maximum Gasteiger partial charge on any atom is 0.264 e. The van der Waals surface area contributed by atoms with E-state index in [1.165, 1.54) is 12.2 Å². The predicted molar refractivity (Wildman–Crippen MR) is 114 cm³/mol. The topological polar surface area (TPSA) is 84.5 Å². The molecule has 3 fully saturated rings. The van der Waals surface area contributed by atoms with Crippen LogP contribution in [-0.4, -0.2) is 48.7 Å². The molecule has 1 amide bonds. The molecule has 1 aliphatic carbocycles. The predicted octanol–water partition coefficient (Wildman–Crippen LogP) is 2.75. The Hall–Kier alpha value is -2.74. The van der Waals surface area contributed by atoms with Crippen molar-refractivity contribution < 1.29 is 23.9 Å². The van der Waals surface area contributed by atoms with E-state index in [9.17, 15) is 9.90 Å². The molecule has 7 rings (SSSR count). The number of allylic oxidation sites excluding steroid dienone is 1. The van der Waals surface area contributed by atoms with E-state index in [4.69, 9.17) is 19.0 Å². The first-order valence-electron chi connectivity index (χ1n) is 10.6. The van der Waals surface area contributed by atoms with Gasteiger partial charge >= 0.3 is 0 Å². The quantitative estimate of drug-likeness (QED) is 0.826. The second kappa shape index (κ2) is 6.63. The van der Waals surface area contributed by atoms with Gasteiger partial charge in [0, 0.05) is 17.5 Å². The Balaban J connectivity index is 1.48. The number of ether oxygens (including phenoxy) is 1. The summed E-state index contributed by atoms with van der Waals surface area (Å²) < 4.78 is 11.7. The molecule has 1 aromatic carbocycles. The van der Waals surface area contributed by atoms with Crippen LogP contribution in [0.3, 0.4) is 0 Å². The number of amides is 1. The van der Waals surface area contributed by atoms with Crippen LogP contribution in [0, 0.1) is 11.8 Å². The minimum Gasteiger partial charge on any atom is -0.465 e. The molecule has 4 aliphatic heterocycles. The lowest BCUT2D eigenvalue weighted by Crippen LogP contribution is -2.58. The van der Waals surface area contributed by atoms with Gasteiger partial charge in [0.25, 0.3) is 5.91 Å². The molecule has 4 bridgehead atoms. The van der Waals surface area contributed by atoms with E-state index in [1.807, 2.05) is 49.4 Å². The van der Waals surface area contributed by atoms with Gasteiger partial charge in [0.2, 0.25) is 0 Å². The summed E-state index contributed by atoms with van der Waals surface area (Å²) in [4.78, 5) is 24.2. The zero-order valence-electron chi connectivity index (χ0n) is 17.4. The normalized spacial score (nSPS) is 36.2. The number of benzene rings is 1. The number of anilines is 1. The lowest BCUT2D eigenvalue weighted by molar-refractivity contribution is -0.152. The molecular formula is C24H24N2O5. The molecular weight excluding hydrogens is 396 g/mol. The van der Waals surface area contributed by atoms with Crippen LogP contribution in [0.4, 0.5) is 5.69 Å². The van der Waals surface area contributed by atoms with Gasteiger partial charge in [0.15, 0.2) is 0 Å². The lowest BCUT2D eigenvalue weighted by atomic mass is 9.70. The molecule has 0 radical (unpaired) electrons. The first kappa shape index (κ1) is 19.0. The van der Waals surface area contributed by atoms with Crippen molar-refractivity contribution >= 4 is 23.4 Å². The van der Waals surface area contributed by atoms with Crippen LogP contribution in [0.15, 0.2) is 57.6 Å². The highest BCUT2D eigenvalue weighted by molar-refractivity contribution is 6.09. The van der Waals surface area contributed by atoms with Crippen molar-refractivity contribution in [3.63, 3.8) is 0 Å². The highest BCUT2D eigenvalue weighted by Gasteiger charge is 2.67. The summed E-state index contributed by atoms with van der Waals surface area (Å²) >= 11 is 0. The number of aliphatic hydroxyl groups is 1. The second-order valence-corrected chi connectivity index (χ2v) is 8.83. The molecule has 6 atom stereocenters. The summed E-state index contributed by atoms with van der Waals surface area (Å²) in [7, 11) is 1.49. The monoisotopic (exact) mass is 420 g/mol. The first-order chi connectivity index (χ1) is 15.1. The van der Waals surface area contributed by atoms with Crippen molar-refractivity contribution in [1.29, 1.82) is 0 Å². The smallest absolute Gasteiger partial charge is 0.264 e. The maximum atomic E-state index is 13.7. The molecule has 1 saturated carbocycles. The van der Waals surface area contributed by atoms with Crippen LogP contribution in [0.25, 0.3) is 6.08 Å². The molecule has 0 unspecified atom stereocenters. The van der Waals surface area contributed by atoms with E-state index in [0.717, 1.165) is 22.6 Å². The van der Waals surface area contributed by atoms with Gasteiger partial charge in [0.05, 0.1) is 37.8 Å². The first-order valence-corrected chi connectivity index (χ1v) is 10.6.